The molecule has 0 fully saturated rings. The lowest BCUT2D eigenvalue weighted by Gasteiger charge is -2.31. The summed E-state index contributed by atoms with van der Waals surface area (Å²) in [7, 11) is 1.49. The van der Waals surface area contributed by atoms with Gasteiger partial charge in [0, 0.05) is 17.3 Å². The van der Waals surface area contributed by atoms with Crippen molar-refractivity contribution in [2.75, 3.05) is 12.8 Å². The Labute approximate surface area is 190 Å². The van der Waals surface area contributed by atoms with Crippen LogP contribution in [-0.2, 0) is 12.1 Å². The smallest absolute Gasteiger partial charge is 0.232 e. The third-order valence-corrected chi connectivity index (χ3v) is 4.53. The van der Waals surface area contributed by atoms with Crippen molar-refractivity contribution in [2.24, 2.45) is 10.7 Å². The second-order valence-corrected chi connectivity index (χ2v) is 6.80. The van der Waals surface area contributed by atoms with Crippen LogP contribution in [0.4, 0.5) is 10.1 Å². The largest absolute Gasteiger partial charge is 0.480 e. The zero-order chi connectivity index (χ0) is 24.6. The number of nitrogens with two attached hydrogens (primary N) is 2. The van der Waals surface area contributed by atoms with Crippen LogP contribution >= 0.6 is 0 Å². The van der Waals surface area contributed by atoms with Crippen molar-refractivity contribution >= 4 is 17.8 Å². The minimum Gasteiger partial charge on any atom is -0.480 e. The maximum atomic E-state index is 14.1. The molecule has 0 radical (unpaired) electrons. The Bertz CT molecular complexity index is 1180. The first-order valence-corrected chi connectivity index (χ1v) is 10.00. The van der Waals surface area contributed by atoms with Crippen LogP contribution in [0.1, 0.15) is 48.2 Å². The maximum absolute atomic E-state index is 14.1. The molecule has 0 aliphatic carbocycles. The molecule has 1 atom stereocenters. The van der Waals surface area contributed by atoms with Crippen LogP contribution in [0.5, 0.6) is 5.88 Å². The van der Waals surface area contributed by atoms with Gasteiger partial charge in [0.15, 0.2) is 12.0 Å². The molecule has 1 aliphatic heterocycles. The summed E-state index contributed by atoms with van der Waals surface area (Å²) < 4.78 is 20.4. The number of aldehydes is 1. The van der Waals surface area contributed by atoms with E-state index in [1.807, 2.05) is 19.9 Å². The second kappa shape index (κ2) is 10.8. The highest BCUT2D eigenvalue weighted by Gasteiger charge is 2.35. The van der Waals surface area contributed by atoms with Crippen LogP contribution in [0.2, 0.25) is 0 Å². The monoisotopic (exact) mass is 452 g/mol. The van der Waals surface area contributed by atoms with E-state index in [0.29, 0.717) is 34.8 Å². The Morgan fingerprint density at radius 1 is 1.24 bits per heavy atom. The molecule has 0 saturated heterocycles. The van der Waals surface area contributed by atoms with E-state index in [1.165, 1.54) is 31.6 Å². The third-order valence-electron chi connectivity index (χ3n) is 4.53. The summed E-state index contributed by atoms with van der Waals surface area (Å²) in [6.45, 7) is 6.04. The first-order valence-electron chi connectivity index (χ1n) is 10.00. The van der Waals surface area contributed by atoms with Crippen molar-refractivity contribution in [3.8, 4) is 11.9 Å². The maximum Gasteiger partial charge on any atom is 0.232 e. The van der Waals surface area contributed by atoms with Gasteiger partial charge in [0.2, 0.25) is 5.88 Å². The van der Waals surface area contributed by atoms with Crippen molar-refractivity contribution in [2.45, 2.75) is 32.9 Å². The van der Waals surface area contributed by atoms with Crippen LogP contribution in [0.3, 0.4) is 0 Å². The molecule has 10 nitrogen and oxygen atoms in total. The van der Waals surface area contributed by atoms with Gasteiger partial charge in [-0.25, -0.2) is 14.4 Å². The van der Waals surface area contributed by atoms with Crippen molar-refractivity contribution in [1.29, 1.82) is 5.26 Å². The Morgan fingerprint density at radius 3 is 2.55 bits per heavy atom. The van der Waals surface area contributed by atoms with E-state index < -0.39 is 11.4 Å². The molecule has 0 bridgehead atoms. The van der Waals surface area contributed by atoms with Gasteiger partial charge in [-0.1, -0.05) is 13.8 Å². The summed E-state index contributed by atoms with van der Waals surface area (Å²) in [5.41, 5.74) is 12.7. The Kier molecular flexibility index (Phi) is 8.17. The molecule has 3 aromatic rings. The number of fused-ring (bicyclic) bond motifs is 1. The van der Waals surface area contributed by atoms with Gasteiger partial charge in [-0.2, -0.15) is 10.4 Å². The normalized spacial score (nSPS) is 15.9. The minimum atomic E-state index is -0.921. The van der Waals surface area contributed by atoms with Gasteiger partial charge in [0.25, 0.3) is 0 Å². The predicted molar refractivity (Wildman–Crippen MR) is 121 cm³/mol. The minimum absolute atomic E-state index is 0.222. The number of carbonyl (C=O) groups is 1. The number of ether oxygens (including phenoxy) is 1. The van der Waals surface area contributed by atoms with Crippen molar-refractivity contribution in [3.63, 3.8) is 0 Å². The first kappa shape index (κ1) is 24.9. The zero-order valence-electron chi connectivity index (χ0n) is 18.8. The topological polar surface area (TPSA) is 158 Å². The molecule has 3 heterocycles. The van der Waals surface area contributed by atoms with E-state index in [1.54, 1.807) is 23.7 Å². The highest BCUT2D eigenvalue weighted by molar-refractivity contribution is 5.97. The van der Waals surface area contributed by atoms with E-state index >= 15 is 0 Å². The number of aliphatic imine (C=N–C) groups is 1. The summed E-state index contributed by atoms with van der Waals surface area (Å²) in [5.74, 6) is 0.226. The Balaban J connectivity index is 0.000000270. The number of nitriles is 1. The zero-order valence-corrected chi connectivity index (χ0v) is 18.8. The Morgan fingerprint density at radius 2 is 1.97 bits per heavy atom. The molecule has 11 heteroatoms. The standard InChI is InChI=1S/C14H13FN6.C6H6N2O2.C2H6/c1-14(10-4-8(17)2-3-11(10)15)7-21-12(13(18)19-14)5-9(6-16)20-21;1-10-6-3-7-5(4-9)2-8-6;1-2/h2-5H,7,17H2,1H3,(H2,18,19);2-4H,1H3;1-2H3. The van der Waals surface area contributed by atoms with E-state index in [-0.39, 0.29) is 18.1 Å². The summed E-state index contributed by atoms with van der Waals surface area (Å²) in [6, 6.07) is 7.86. The van der Waals surface area contributed by atoms with Crippen molar-refractivity contribution < 1.29 is 13.9 Å². The molecule has 4 N–H and O–H groups in total. The highest BCUT2D eigenvalue weighted by atomic mass is 19.1. The van der Waals surface area contributed by atoms with Crippen LogP contribution < -0.4 is 16.2 Å². The molecule has 1 aliphatic rings. The average Bonchev–Trinajstić information content (AvgIpc) is 3.25. The fourth-order valence-corrected chi connectivity index (χ4v) is 3.04. The predicted octanol–water partition coefficient (Wildman–Crippen LogP) is 2.43. The molecule has 4 rings (SSSR count). The van der Waals surface area contributed by atoms with Gasteiger partial charge in [-0.3, -0.25) is 14.5 Å². The first-order chi connectivity index (χ1) is 15.8. The van der Waals surface area contributed by atoms with Gasteiger partial charge in [-0.15, -0.1) is 0 Å². The third kappa shape index (κ3) is 5.68. The summed E-state index contributed by atoms with van der Waals surface area (Å²) in [6.07, 6.45) is 3.38. The molecule has 0 saturated carbocycles. The Hall–Kier alpha value is -4.33. The second-order valence-electron chi connectivity index (χ2n) is 6.80. The fourth-order valence-electron chi connectivity index (χ4n) is 3.04. The number of nitrogen functional groups attached to an aromatic ring is 1. The highest BCUT2D eigenvalue weighted by Crippen LogP contribution is 2.34. The van der Waals surface area contributed by atoms with E-state index in [2.05, 4.69) is 20.1 Å². The number of benzene rings is 1. The summed E-state index contributed by atoms with van der Waals surface area (Å²) in [4.78, 5) is 21.9. The van der Waals surface area contributed by atoms with Gasteiger partial charge < -0.3 is 16.2 Å². The molecular formula is C22H25FN8O2. The van der Waals surface area contributed by atoms with Crippen LogP contribution in [0, 0.1) is 17.1 Å². The number of nitrogens with zero attached hydrogens (tertiary/aromatic N) is 6. The molecule has 33 heavy (non-hydrogen) atoms. The quantitative estimate of drug-likeness (QED) is 0.453. The molecule has 1 unspecified atom stereocenters. The number of rotatable bonds is 3. The van der Waals surface area contributed by atoms with Gasteiger partial charge >= 0.3 is 0 Å². The molecular weight excluding hydrogens is 427 g/mol. The summed E-state index contributed by atoms with van der Waals surface area (Å²) >= 11 is 0. The lowest BCUT2D eigenvalue weighted by molar-refractivity contribution is 0.111. The number of halogens is 1. The number of amidine groups is 1. The number of hydrogen-bond donors (Lipinski definition) is 2. The van der Waals surface area contributed by atoms with Crippen LogP contribution in [-0.4, -0.2) is 39.0 Å². The molecule has 0 spiro atoms. The fraction of sp³-hybridized carbons (Fsp3) is 0.273. The molecule has 0 amide bonds. The van der Waals surface area contributed by atoms with E-state index in [4.69, 9.17) is 21.5 Å². The number of methoxy groups -OCH3 is 1. The van der Waals surface area contributed by atoms with Crippen molar-refractivity contribution in [3.05, 3.63) is 65.1 Å². The average molecular weight is 452 g/mol. The number of aromatic nitrogens is 4. The van der Waals surface area contributed by atoms with Crippen LogP contribution in [0.15, 0.2) is 41.7 Å². The van der Waals surface area contributed by atoms with Gasteiger partial charge in [0.1, 0.15) is 34.6 Å². The van der Waals surface area contributed by atoms with Gasteiger partial charge in [0.05, 0.1) is 26.0 Å². The van der Waals surface area contributed by atoms with E-state index in [9.17, 15) is 9.18 Å². The molecule has 2 aromatic heterocycles. The molecule has 1 aromatic carbocycles. The van der Waals surface area contributed by atoms with Crippen molar-refractivity contribution in [1.82, 2.24) is 19.7 Å². The lowest BCUT2D eigenvalue weighted by Crippen LogP contribution is -2.37. The number of carbonyl (C=O) groups excluding carboxylic acids is 1. The SMILES string of the molecule is CC.CC1(c2cc(N)ccc2F)Cn2nc(C#N)cc2C(N)=N1.COc1cnc(C=O)cn1. The van der Waals surface area contributed by atoms with E-state index in [0.717, 1.165) is 0 Å². The van der Waals surface area contributed by atoms with Gasteiger partial charge in [-0.05, 0) is 25.1 Å². The molecule has 172 valence electrons. The van der Waals surface area contributed by atoms with Crippen LogP contribution in [0.25, 0.3) is 0 Å². The lowest BCUT2D eigenvalue weighted by atomic mass is 9.90. The number of hydrogen-bond acceptors (Lipinski definition) is 9. The summed E-state index contributed by atoms with van der Waals surface area (Å²) in [5, 5.41) is 13.1. The number of anilines is 1.